The van der Waals surface area contributed by atoms with E-state index in [1.54, 1.807) is 12.1 Å². The van der Waals surface area contributed by atoms with Crippen molar-refractivity contribution in [2.24, 2.45) is 0 Å². The first kappa shape index (κ1) is 11.8. The summed E-state index contributed by atoms with van der Waals surface area (Å²) in [6, 6.07) is 3.36. The van der Waals surface area contributed by atoms with Crippen LogP contribution in [0.25, 0.3) is 0 Å². The minimum Gasteiger partial charge on any atom is -0.477 e. The summed E-state index contributed by atoms with van der Waals surface area (Å²) in [5, 5.41) is 7.77. The van der Waals surface area contributed by atoms with E-state index in [9.17, 15) is 4.79 Å². The van der Waals surface area contributed by atoms with E-state index < -0.39 is 0 Å². The maximum absolute atomic E-state index is 12.1. The predicted octanol–water partition coefficient (Wildman–Crippen LogP) is 1.50. The van der Waals surface area contributed by atoms with E-state index in [2.05, 4.69) is 10.2 Å². The van der Waals surface area contributed by atoms with Gasteiger partial charge in [0.25, 0.3) is 5.91 Å². The van der Waals surface area contributed by atoms with Crippen LogP contribution in [0.4, 0.5) is 0 Å². The Kier molecular flexibility index (Phi) is 3.90. The second-order valence-corrected chi connectivity index (χ2v) is 4.04. The molecule has 17 heavy (non-hydrogen) atoms. The third kappa shape index (κ3) is 2.93. The van der Waals surface area contributed by atoms with Crippen molar-refractivity contribution < 1.29 is 9.53 Å². The molecule has 1 aliphatic heterocycles. The van der Waals surface area contributed by atoms with Gasteiger partial charge in [0.1, 0.15) is 0 Å². The SMILES string of the molecule is CCOc1ccc(C(=O)N2CCCCC2)nn1. The van der Waals surface area contributed by atoms with Crippen LogP contribution in [0.5, 0.6) is 5.88 Å². The van der Waals surface area contributed by atoms with Crippen LogP contribution in [-0.4, -0.2) is 40.7 Å². The van der Waals surface area contributed by atoms with Crippen molar-refractivity contribution in [2.75, 3.05) is 19.7 Å². The van der Waals surface area contributed by atoms with E-state index in [0.29, 0.717) is 18.2 Å². The highest BCUT2D eigenvalue weighted by atomic mass is 16.5. The monoisotopic (exact) mass is 235 g/mol. The number of hydrogen-bond acceptors (Lipinski definition) is 4. The normalized spacial score (nSPS) is 15.7. The number of carbonyl (C=O) groups is 1. The second-order valence-electron chi connectivity index (χ2n) is 4.04. The van der Waals surface area contributed by atoms with E-state index >= 15 is 0 Å². The lowest BCUT2D eigenvalue weighted by Gasteiger charge is -2.26. The summed E-state index contributed by atoms with van der Waals surface area (Å²) in [7, 11) is 0. The van der Waals surface area contributed by atoms with E-state index in [-0.39, 0.29) is 5.91 Å². The van der Waals surface area contributed by atoms with Crippen LogP contribution in [0.15, 0.2) is 12.1 Å². The molecule has 0 N–H and O–H groups in total. The lowest BCUT2D eigenvalue weighted by Crippen LogP contribution is -2.36. The minimum absolute atomic E-state index is 0.0275. The standard InChI is InChI=1S/C12H17N3O2/c1-2-17-11-7-6-10(13-14-11)12(16)15-8-4-3-5-9-15/h6-7H,2-5,8-9H2,1H3. The van der Waals surface area contributed by atoms with Crippen LogP contribution >= 0.6 is 0 Å². The van der Waals surface area contributed by atoms with Crippen LogP contribution in [0, 0.1) is 0 Å². The first-order valence-corrected chi connectivity index (χ1v) is 6.07. The van der Waals surface area contributed by atoms with Crippen molar-refractivity contribution in [1.82, 2.24) is 15.1 Å². The highest BCUT2D eigenvalue weighted by molar-refractivity contribution is 5.92. The zero-order valence-electron chi connectivity index (χ0n) is 10.1. The average molecular weight is 235 g/mol. The van der Waals surface area contributed by atoms with E-state index in [1.165, 1.54) is 6.42 Å². The number of piperidine rings is 1. The molecule has 5 heteroatoms. The van der Waals surface area contributed by atoms with Gasteiger partial charge in [0.2, 0.25) is 5.88 Å². The average Bonchev–Trinajstić information content (AvgIpc) is 2.40. The van der Waals surface area contributed by atoms with Gasteiger partial charge in [-0.1, -0.05) is 0 Å². The highest BCUT2D eigenvalue weighted by Gasteiger charge is 2.19. The molecule has 1 fully saturated rings. The highest BCUT2D eigenvalue weighted by Crippen LogP contribution is 2.12. The fraction of sp³-hybridized carbons (Fsp3) is 0.583. The number of amides is 1. The molecule has 1 saturated heterocycles. The molecule has 2 rings (SSSR count). The third-order valence-corrected chi connectivity index (χ3v) is 2.79. The summed E-state index contributed by atoms with van der Waals surface area (Å²) < 4.78 is 5.19. The topological polar surface area (TPSA) is 55.3 Å². The van der Waals surface area contributed by atoms with Gasteiger partial charge in [0, 0.05) is 19.2 Å². The van der Waals surface area contributed by atoms with Gasteiger partial charge in [-0.2, -0.15) is 0 Å². The number of rotatable bonds is 3. The first-order valence-electron chi connectivity index (χ1n) is 6.07. The molecule has 1 aliphatic rings. The maximum atomic E-state index is 12.1. The fourth-order valence-corrected chi connectivity index (χ4v) is 1.92. The zero-order chi connectivity index (χ0) is 12.1. The second kappa shape index (κ2) is 5.61. The Balaban J connectivity index is 2.03. The number of ether oxygens (including phenoxy) is 1. The van der Waals surface area contributed by atoms with E-state index in [0.717, 1.165) is 25.9 Å². The van der Waals surface area contributed by atoms with Crippen molar-refractivity contribution in [3.8, 4) is 5.88 Å². The van der Waals surface area contributed by atoms with Gasteiger partial charge in [-0.05, 0) is 32.3 Å². The maximum Gasteiger partial charge on any atom is 0.274 e. The van der Waals surface area contributed by atoms with Crippen molar-refractivity contribution in [3.63, 3.8) is 0 Å². The number of aromatic nitrogens is 2. The zero-order valence-corrected chi connectivity index (χ0v) is 10.1. The van der Waals surface area contributed by atoms with Crippen LogP contribution in [0.1, 0.15) is 36.7 Å². The van der Waals surface area contributed by atoms with Crippen LogP contribution in [0.2, 0.25) is 0 Å². The molecule has 1 aromatic heterocycles. The molecule has 0 aliphatic carbocycles. The summed E-state index contributed by atoms with van der Waals surface area (Å²) >= 11 is 0. The smallest absolute Gasteiger partial charge is 0.274 e. The quantitative estimate of drug-likeness (QED) is 0.796. The van der Waals surface area contributed by atoms with Gasteiger partial charge in [0.05, 0.1) is 6.61 Å². The molecule has 1 aromatic rings. The number of carbonyl (C=O) groups excluding carboxylic acids is 1. The molecule has 92 valence electrons. The Morgan fingerprint density at radius 2 is 2.06 bits per heavy atom. The number of likely N-dealkylation sites (tertiary alicyclic amines) is 1. The van der Waals surface area contributed by atoms with Gasteiger partial charge >= 0.3 is 0 Å². The van der Waals surface area contributed by atoms with Crippen LogP contribution in [-0.2, 0) is 0 Å². The Bertz CT molecular complexity index is 372. The Morgan fingerprint density at radius 3 is 2.65 bits per heavy atom. The molecule has 2 heterocycles. The summed E-state index contributed by atoms with van der Waals surface area (Å²) in [5.41, 5.74) is 0.398. The van der Waals surface area contributed by atoms with Gasteiger partial charge in [0.15, 0.2) is 5.69 Å². The predicted molar refractivity (Wildman–Crippen MR) is 63.0 cm³/mol. The summed E-state index contributed by atoms with van der Waals surface area (Å²) in [4.78, 5) is 13.9. The third-order valence-electron chi connectivity index (χ3n) is 2.79. The molecule has 1 amide bonds. The largest absolute Gasteiger partial charge is 0.477 e. The lowest BCUT2D eigenvalue weighted by atomic mass is 10.1. The molecule has 0 bridgehead atoms. The lowest BCUT2D eigenvalue weighted by molar-refractivity contribution is 0.0717. The molecule has 0 atom stereocenters. The van der Waals surface area contributed by atoms with Crippen LogP contribution in [0.3, 0.4) is 0 Å². The molecule has 0 radical (unpaired) electrons. The van der Waals surface area contributed by atoms with Gasteiger partial charge in [-0.15, -0.1) is 10.2 Å². The molecule has 0 aromatic carbocycles. The molecular weight excluding hydrogens is 218 g/mol. The fourth-order valence-electron chi connectivity index (χ4n) is 1.92. The molecule has 0 spiro atoms. The number of nitrogens with zero attached hydrogens (tertiary/aromatic N) is 3. The van der Waals surface area contributed by atoms with Gasteiger partial charge in [-0.3, -0.25) is 4.79 Å². The molecule has 0 saturated carbocycles. The van der Waals surface area contributed by atoms with Crippen molar-refractivity contribution >= 4 is 5.91 Å². The van der Waals surface area contributed by atoms with Crippen molar-refractivity contribution in [1.29, 1.82) is 0 Å². The molecule has 5 nitrogen and oxygen atoms in total. The van der Waals surface area contributed by atoms with Crippen molar-refractivity contribution in [2.45, 2.75) is 26.2 Å². The van der Waals surface area contributed by atoms with Crippen molar-refractivity contribution in [3.05, 3.63) is 17.8 Å². The van der Waals surface area contributed by atoms with Gasteiger partial charge in [-0.25, -0.2) is 0 Å². The summed E-state index contributed by atoms with van der Waals surface area (Å²) in [5.74, 6) is 0.433. The van der Waals surface area contributed by atoms with E-state index in [1.807, 2.05) is 11.8 Å². The molecule has 0 unspecified atom stereocenters. The van der Waals surface area contributed by atoms with E-state index in [4.69, 9.17) is 4.74 Å². The molecular formula is C12H17N3O2. The number of hydrogen-bond donors (Lipinski definition) is 0. The first-order chi connectivity index (χ1) is 8.31. The Labute approximate surface area is 101 Å². The Morgan fingerprint density at radius 1 is 1.29 bits per heavy atom. The summed E-state index contributed by atoms with van der Waals surface area (Å²) in [6.07, 6.45) is 3.37. The summed E-state index contributed by atoms with van der Waals surface area (Å²) in [6.45, 7) is 4.09. The Hall–Kier alpha value is -1.65. The minimum atomic E-state index is -0.0275. The van der Waals surface area contributed by atoms with Gasteiger partial charge < -0.3 is 9.64 Å². The van der Waals surface area contributed by atoms with Crippen LogP contribution < -0.4 is 4.74 Å².